The number of hydrogen-bond donors (Lipinski definition) is 0. The van der Waals surface area contributed by atoms with E-state index in [-0.39, 0.29) is 12.0 Å². The highest BCUT2D eigenvalue weighted by molar-refractivity contribution is 5.18. The van der Waals surface area contributed by atoms with Gasteiger partial charge in [0.1, 0.15) is 0 Å². The highest BCUT2D eigenvalue weighted by atomic mass is 15.2. The number of benzene rings is 1. The van der Waals surface area contributed by atoms with Crippen molar-refractivity contribution in [3.05, 3.63) is 48.0 Å². The zero-order valence-electron chi connectivity index (χ0n) is 10.2. The summed E-state index contributed by atoms with van der Waals surface area (Å²) in [7, 11) is 0. The zero-order chi connectivity index (χ0) is 12.8. The zero-order valence-corrected chi connectivity index (χ0v) is 10.2. The lowest BCUT2D eigenvalue weighted by Gasteiger charge is -2.22. The summed E-state index contributed by atoms with van der Waals surface area (Å²) in [6.07, 6.45) is 4.21. The number of rotatable bonds is 3. The van der Waals surface area contributed by atoms with Crippen molar-refractivity contribution >= 4 is 0 Å². The van der Waals surface area contributed by atoms with E-state index in [1.54, 1.807) is 0 Å². The Morgan fingerprint density at radius 3 is 2.72 bits per heavy atom. The van der Waals surface area contributed by atoms with Gasteiger partial charge in [0.25, 0.3) is 0 Å². The topological polar surface area (TPSA) is 50.8 Å². The lowest BCUT2D eigenvalue weighted by atomic mass is 10.0. The van der Waals surface area contributed by atoms with E-state index in [0.29, 0.717) is 0 Å². The molecule has 1 heterocycles. The van der Waals surface area contributed by atoms with Crippen molar-refractivity contribution in [3.63, 3.8) is 0 Å². The molecule has 1 aromatic rings. The van der Waals surface area contributed by atoms with Gasteiger partial charge in [0.05, 0.1) is 18.1 Å². The molecule has 0 spiro atoms. The maximum atomic E-state index is 9.13. The summed E-state index contributed by atoms with van der Waals surface area (Å²) in [5.74, 6) is -0.00156. The summed E-state index contributed by atoms with van der Waals surface area (Å²) in [5.41, 5.74) is 1.24. The van der Waals surface area contributed by atoms with Crippen LogP contribution < -0.4 is 0 Å². The first kappa shape index (κ1) is 12.4. The quantitative estimate of drug-likeness (QED) is 0.759. The molecule has 3 nitrogen and oxygen atoms in total. The van der Waals surface area contributed by atoms with Gasteiger partial charge in [-0.15, -0.1) is 0 Å². The van der Waals surface area contributed by atoms with Crippen LogP contribution in [0.3, 0.4) is 0 Å². The van der Waals surface area contributed by atoms with Gasteiger partial charge in [-0.25, -0.2) is 0 Å². The van der Waals surface area contributed by atoms with E-state index < -0.39 is 0 Å². The Morgan fingerprint density at radius 2 is 2.06 bits per heavy atom. The van der Waals surface area contributed by atoms with Gasteiger partial charge in [0, 0.05) is 25.2 Å². The normalized spacial score (nSPS) is 23.9. The SMILES string of the molecule is N#C/C=C\[C@H]1[C@@H](C#N)CCN1Cc1ccccc1. The first-order valence-electron chi connectivity index (χ1n) is 6.09. The molecule has 3 heteroatoms. The van der Waals surface area contributed by atoms with Crippen LogP contribution in [-0.4, -0.2) is 17.5 Å². The lowest BCUT2D eigenvalue weighted by Crippen LogP contribution is -2.30. The lowest BCUT2D eigenvalue weighted by molar-refractivity contribution is 0.270. The number of likely N-dealkylation sites (tertiary alicyclic amines) is 1. The van der Waals surface area contributed by atoms with Crippen LogP contribution >= 0.6 is 0 Å². The Bertz CT molecular complexity index is 493. The fraction of sp³-hybridized carbons (Fsp3) is 0.333. The third kappa shape index (κ3) is 2.77. The molecule has 1 aromatic carbocycles. The van der Waals surface area contributed by atoms with Crippen LogP contribution in [0.15, 0.2) is 42.5 Å². The van der Waals surface area contributed by atoms with Gasteiger partial charge >= 0.3 is 0 Å². The van der Waals surface area contributed by atoms with Gasteiger partial charge in [-0.2, -0.15) is 10.5 Å². The molecule has 0 aliphatic carbocycles. The first-order valence-corrected chi connectivity index (χ1v) is 6.09. The highest BCUT2D eigenvalue weighted by Gasteiger charge is 2.32. The number of nitriles is 2. The minimum absolute atomic E-state index is 0.00156. The molecular weight excluding hydrogens is 222 g/mol. The molecule has 1 aliphatic heterocycles. The van der Waals surface area contributed by atoms with E-state index in [0.717, 1.165) is 19.5 Å². The average Bonchev–Trinajstić information content (AvgIpc) is 2.79. The molecule has 0 amide bonds. The van der Waals surface area contributed by atoms with E-state index in [2.05, 4.69) is 23.1 Å². The van der Waals surface area contributed by atoms with Gasteiger partial charge in [-0.1, -0.05) is 36.4 Å². The Labute approximate surface area is 108 Å². The van der Waals surface area contributed by atoms with Crippen molar-refractivity contribution < 1.29 is 0 Å². The average molecular weight is 237 g/mol. The van der Waals surface area contributed by atoms with Crippen LogP contribution in [0.4, 0.5) is 0 Å². The second-order valence-corrected chi connectivity index (χ2v) is 4.46. The summed E-state index contributed by atoms with van der Waals surface area (Å²) >= 11 is 0. The molecule has 2 atom stereocenters. The van der Waals surface area contributed by atoms with Crippen molar-refractivity contribution in [1.82, 2.24) is 4.90 Å². The Hall–Kier alpha value is -2.10. The maximum Gasteiger partial charge on any atom is 0.0909 e. The third-order valence-electron chi connectivity index (χ3n) is 3.32. The van der Waals surface area contributed by atoms with Crippen molar-refractivity contribution in [2.24, 2.45) is 5.92 Å². The summed E-state index contributed by atoms with van der Waals surface area (Å²) in [6.45, 7) is 1.74. The summed E-state index contributed by atoms with van der Waals surface area (Å²) < 4.78 is 0. The van der Waals surface area contributed by atoms with Crippen molar-refractivity contribution in [3.8, 4) is 12.1 Å². The Morgan fingerprint density at radius 1 is 1.28 bits per heavy atom. The van der Waals surface area contributed by atoms with E-state index in [1.165, 1.54) is 11.6 Å². The molecule has 2 rings (SSSR count). The molecule has 0 radical (unpaired) electrons. The van der Waals surface area contributed by atoms with E-state index in [1.807, 2.05) is 30.3 Å². The Balaban J connectivity index is 2.10. The number of allylic oxidation sites excluding steroid dienone is 1. The predicted octanol–water partition coefficient (Wildman–Crippen LogP) is 2.48. The molecule has 0 unspecified atom stereocenters. The molecule has 0 aromatic heterocycles. The monoisotopic (exact) mass is 237 g/mol. The van der Waals surface area contributed by atoms with Crippen LogP contribution in [0, 0.1) is 28.6 Å². The highest BCUT2D eigenvalue weighted by Crippen LogP contribution is 2.26. The van der Waals surface area contributed by atoms with Crippen LogP contribution in [-0.2, 0) is 6.54 Å². The summed E-state index contributed by atoms with van der Waals surface area (Å²) in [4.78, 5) is 2.26. The largest absolute Gasteiger partial charge is 0.291 e. The van der Waals surface area contributed by atoms with E-state index in [9.17, 15) is 0 Å². The molecule has 0 bridgehead atoms. The molecular formula is C15H15N3. The molecule has 0 saturated carbocycles. The van der Waals surface area contributed by atoms with Gasteiger partial charge < -0.3 is 0 Å². The fourth-order valence-corrected chi connectivity index (χ4v) is 2.42. The van der Waals surface area contributed by atoms with Crippen LogP contribution in [0.5, 0.6) is 0 Å². The molecule has 1 aliphatic rings. The van der Waals surface area contributed by atoms with Crippen LogP contribution in [0.2, 0.25) is 0 Å². The van der Waals surface area contributed by atoms with Crippen LogP contribution in [0.1, 0.15) is 12.0 Å². The maximum absolute atomic E-state index is 9.13. The summed E-state index contributed by atoms with van der Waals surface area (Å²) in [5, 5.41) is 17.7. The van der Waals surface area contributed by atoms with Gasteiger partial charge in [0.2, 0.25) is 0 Å². The molecule has 0 N–H and O–H groups in total. The first-order chi connectivity index (χ1) is 8.85. The molecule has 1 saturated heterocycles. The Kier molecular flexibility index (Phi) is 4.12. The van der Waals surface area contributed by atoms with Crippen molar-refractivity contribution in [2.45, 2.75) is 19.0 Å². The smallest absolute Gasteiger partial charge is 0.0909 e. The number of nitrogens with zero attached hydrogens (tertiary/aromatic N) is 3. The van der Waals surface area contributed by atoms with Crippen molar-refractivity contribution in [2.75, 3.05) is 6.54 Å². The summed E-state index contributed by atoms with van der Waals surface area (Å²) in [6, 6.07) is 14.6. The second-order valence-electron chi connectivity index (χ2n) is 4.46. The van der Waals surface area contributed by atoms with Gasteiger partial charge in [-0.05, 0) is 12.0 Å². The van der Waals surface area contributed by atoms with Gasteiger partial charge in [-0.3, -0.25) is 4.90 Å². The molecule has 18 heavy (non-hydrogen) atoms. The standard InChI is InChI=1S/C15H15N3/c16-9-4-7-15-14(11-17)8-10-18(15)12-13-5-2-1-3-6-13/h1-7,14-15H,8,10,12H2/b7-4-/t14-,15+/m1/s1. The van der Waals surface area contributed by atoms with Crippen LogP contribution in [0.25, 0.3) is 0 Å². The van der Waals surface area contributed by atoms with E-state index >= 15 is 0 Å². The minimum atomic E-state index is -0.00156. The molecule has 90 valence electrons. The van der Waals surface area contributed by atoms with Gasteiger partial charge in [0.15, 0.2) is 0 Å². The third-order valence-corrected chi connectivity index (χ3v) is 3.32. The second kappa shape index (κ2) is 6.00. The van der Waals surface area contributed by atoms with Crippen molar-refractivity contribution in [1.29, 1.82) is 10.5 Å². The minimum Gasteiger partial charge on any atom is -0.291 e. The number of hydrogen-bond acceptors (Lipinski definition) is 3. The predicted molar refractivity (Wildman–Crippen MR) is 69.1 cm³/mol. The fourth-order valence-electron chi connectivity index (χ4n) is 2.42. The van der Waals surface area contributed by atoms with E-state index in [4.69, 9.17) is 10.5 Å². The molecule has 1 fully saturated rings.